The third-order valence-electron chi connectivity index (χ3n) is 3.88. The predicted molar refractivity (Wildman–Crippen MR) is 89.2 cm³/mol. The lowest BCUT2D eigenvalue weighted by Gasteiger charge is -2.00. The van der Waals surface area contributed by atoms with Gasteiger partial charge in [-0.15, -0.1) is 5.10 Å². The van der Waals surface area contributed by atoms with E-state index in [9.17, 15) is 0 Å². The van der Waals surface area contributed by atoms with Crippen molar-refractivity contribution in [3.05, 3.63) is 77.4 Å². The van der Waals surface area contributed by atoms with Crippen LogP contribution in [0.15, 0.2) is 54.7 Å². The topological polar surface area (TPSA) is 83.2 Å². The molecular formula is C18H14N6. The molecule has 0 aliphatic heterocycles. The normalized spacial score (nSPS) is 10.8. The van der Waals surface area contributed by atoms with Crippen LogP contribution in [0.5, 0.6) is 0 Å². The summed E-state index contributed by atoms with van der Waals surface area (Å²) in [6, 6.07) is 17.5. The zero-order valence-corrected chi connectivity index (χ0v) is 12.8. The Balaban J connectivity index is 1.51. The summed E-state index contributed by atoms with van der Waals surface area (Å²) in [5, 5.41) is 17.2. The number of fused-ring (bicyclic) bond motifs is 1. The minimum atomic E-state index is 0.598. The van der Waals surface area contributed by atoms with Gasteiger partial charge in [0.25, 0.3) is 0 Å². The van der Waals surface area contributed by atoms with Crippen molar-refractivity contribution in [1.82, 2.24) is 25.0 Å². The highest BCUT2D eigenvalue weighted by Crippen LogP contribution is 2.13. The molecule has 2 aromatic heterocycles. The third kappa shape index (κ3) is 2.75. The molecule has 0 radical (unpaired) electrons. The van der Waals surface area contributed by atoms with Crippen LogP contribution in [-0.4, -0.2) is 25.0 Å². The first kappa shape index (κ1) is 14.2. The molecule has 0 amide bonds. The first-order valence-electron chi connectivity index (χ1n) is 7.62. The highest BCUT2D eigenvalue weighted by Gasteiger charge is 2.07. The Morgan fingerprint density at radius 3 is 2.75 bits per heavy atom. The lowest BCUT2D eigenvalue weighted by Crippen LogP contribution is -2.02. The summed E-state index contributed by atoms with van der Waals surface area (Å²) in [7, 11) is 0. The van der Waals surface area contributed by atoms with E-state index >= 15 is 0 Å². The van der Waals surface area contributed by atoms with Crippen LogP contribution < -0.4 is 0 Å². The molecule has 0 aliphatic carbocycles. The summed E-state index contributed by atoms with van der Waals surface area (Å²) in [6.07, 6.45) is 2.53. The largest absolute Gasteiger partial charge is 0.344 e. The van der Waals surface area contributed by atoms with E-state index in [0.717, 1.165) is 28.1 Å². The fourth-order valence-electron chi connectivity index (χ4n) is 2.66. The van der Waals surface area contributed by atoms with Crippen molar-refractivity contribution in [2.75, 3.05) is 0 Å². The summed E-state index contributed by atoms with van der Waals surface area (Å²) in [5.41, 5.74) is 4.64. The Kier molecular flexibility index (Phi) is 3.52. The number of benzene rings is 2. The second-order valence-corrected chi connectivity index (χ2v) is 5.58. The van der Waals surface area contributed by atoms with E-state index in [1.54, 1.807) is 0 Å². The Labute approximate surface area is 138 Å². The number of H-pyrrole nitrogens is 1. The summed E-state index contributed by atoms with van der Waals surface area (Å²) in [4.78, 5) is 7.76. The molecule has 0 spiro atoms. The Hall–Kier alpha value is -3.46. The summed E-state index contributed by atoms with van der Waals surface area (Å²) >= 11 is 0. The second kappa shape index (κ2) is 5.97. The quantitative estimate of drug-likeness (QED) is 0.627. The van der Waals surface area contributed by atoms with E-state index in [1.807, 2.05) is 59.4 Å². The van der Waals surface area contributed by atoms with Crippen LogP contribution in [0.3, 0.4) is 0 Å². The van der Waals surface area contributed by atoms with Crippen LogP contribution in [0.1, 0.15) is 22.6 Å². The standard InChI is InChI=1S/C18H14N6/c19-10-14-7-5-13(6-8-14)9-18-20-11-15(21-18)12-24-17-4-2-1-3-16(17)22-23-24/h1-8,11H,9,12H2,(H,20,21). The van der Waals surface area contributed by atoms with Crippen molar-refractivity contribution in [1.29, 1.82) is 5.26 Å². The molecule has 0 bridgehead atoms. The molecule has 0 unspecified atom stereocenters. The smallest absolute Gasteiger partial charge is 0.113 e. The zero-order valence-electron chi connectivity index (χ0n) is 12.8. The van der Waals surface area contributed by atoms with E-state index in [4.69, 9.17) is 5.26 Å². The van der Waals surface area contributed by atoms with E-state index < -0.39 is 0 Å². The Morgan fingerprint density at radius 1 is 1.08 bits per heavy atom. The molecule has 4 rings (SSSR count). The summed E-state index contributed by atoms with van der Waals surface area (Å²) < 4.78 is 1.86. The summed E-state index contributed by atoms with van der Waals surface area (Å²) in [6.45, 7) is 0.598. The molecule has 2 heterocycles. The monoisotopic (exact) mass is 314 g/mol. The molecule has 2 aromatic carbocycles. The average molecular weight is 314 g/mol. The van der Waals surface area contributed by atoms with Crippen LogP contribution >= 0.6 is 0 Å². The molecule has 6 nitrogen and oxygen atoms in total. The van der Waals surface area contributed by atoms with Gasteiger partial charge in [-0.2, -0.15) is 5.26 Å². The van der Waals surface area contributed by atoms with Crippen LogP contribution in [0.25, 0.3) is 11.0 Å². The third-order valence-corrected chi connectivity index (χ3v) is 3.88. The van der Waals surface area contributed by atoms with Crippen molar-refractivity contribution in [3.63, 3.8) is 0 Å². The van der Waals surface area contributed by atoms with Crippen LogP contribution in [0.4, 0.5) is 0 Å². The molecule has 0 saturated heterocycles. The number of nitrogens with one attached hydrogen (secondary N) is 1. The van der Waals surface area contributed by atoms with Crippen molar-refractivity contribution >= 4 is 11.0 Å². The molecule has 116 valence electrons. The number of imidazole rings is 1. The van der Waals surface area contributed by atoms with Crippen LogP contribution in [0, 0.1) is 11.3 Å². The zero-order chi connectivity index (χ0) is 16.4. The van der Waals surface area contributed by atoms with Gasteiger partial charge in [0, 0.05) is 6.42 Å². The Bertz CT molecular complexity index is 1020. The van der Waals surface area contributed by atoms with Crippen molar-refractivity contribution in [2.45, 2.75) is 13.0 Å². The maximum Gasteiger partial charge on any atom is 0.113 e. The fourth-order valence-corrected chi connectivity index (χ4v) is 2.66. The molecule has 0 fully saturated rings. The van der Waals surface area contributed by atoms with E-state index in [-0.39, 0.29) is 0 Å². The molecule has 24 heavy (non-hydrogen) atoms. The lowest BCUT2D eigenvalue weighted by atomic mass is 10.1. The molecule has 1 N–H and O–H groups in total. The van der Waals surface area contributed by atoms with Gasteiger partial charge >= 0.3 is 0 Å². The number of aromatic nitrogens is 5. The Morgan fingerprint density at radius 2 is 1.92 bits per heavy atom. The molecule has 4 aromatic rings. The van der Waals surface area contributed by atoms with Gasteiger partial charge < -0.3 is 4.98 Å². The van der Waals surface area contributed by atoms with Crippen LogP contribution in [0.2, 0.25) is 0 Å². The minimum absolute atomic E-state index is 0.598. The average Bonchev–Trinajstić information content (AvgIpc) is 3.23. The van der Waals surface area contributed by atoms with Gasteiger partial charge in [-0.05, 0) is 29.8 Å². The number of nitriles is 1. The first-order valence-corrected chi connectivity index (χ1v) is 7.62. The molecular weight excluding hydrogens is 300 g/mol. The van der Waals surface area contributed by atoms with Crippen molar-refractivity contribution in [2.24, 2.45) is 0 Å². The number of rotatable bonds is 4. The highest BCUT2D eigenvalue weighted by molar-refractivity contribution is 5.73. The number of hydrogen-bond donors (Lipinski definition) is 1. The van der Waals surface area contributed by atoms with Crippen LogP contribution in [-0.2, 0) is 13.0 Å². The maximum absolute atomic E-state index is 8.84. The maximum atomic E-state index is 8.84. The van der Waals surface area contributed by atoms with E-state index in [0.29, 0.717) is 18.5 Å². The molecule has 0 atom stereocenters. The SMILES string of the molecule is N#Cc1ccc(Cc2ncc(Cn3nnc4ccccc43)[nH]2)cc1. The van der Waals surface area contributed by atoms with Gasteiger partial charge in [-0.1, -0.05) is 29.5 Å². The molecule has 0 aliphatic rings. The van der Waals surface area contributed by atoms with Gasteiger partial charge in [-0.3, -0.25) is 0 Å². The minimum Gasteiger partial charge on any atom is -0.344 e. The van der Waals surface area contributed by atoms with Gasteiger partial charge in [0.05, 0.1) is 35.6 Å². The fraction of sp³-hybridized carbons (Fsp3) is 0.111. The van der Waals surface area contributed by atoms with Gasteiger partial charge in [0.2, 0.25) is 0 Å². The predicted octanol–water partition coefficient (Wildman–Crippen LogP) is 2.67. The first-order chi connectivity index (χ1) is 11.8. The van der Waals surface area contributed by atoms with E-state index in [2.05, 4.69) is 26.3 Å². The van der Waals surface area contributed by atoms with Gasteiger partial charge in [0.15, 0.2) is 0 Å². The molecule has 6 heteroatoms. The van der Waals surface area contributed by atoms with E-state index in [1.165, 1.54) is 0 Å². The molecule has 0 saturated carbocycles. The number of aromatic amines is 1. The number of nitrogens with zero attached hydrogens (tertiary/aromatic N) is 5. The van der Waals surface area contributed by atoms with Gasteiger partial charge in [-0.25, -0.2) is 9.67 Å². The number of para-hydroxylation sites is 1. The summed E-state index contributed by atoms with van der Waals surface area (Å²) in [5.74, 6) is 0.888. The second-order valence-electron chi connectivity index (χ2n) is 5.58. The lowest BCUT2D eigenvalue weighted by molar-refractivity contribution is 0.659. The van der Waals surface area contributed by atoms with Crippen molar-refractivity contribution in [3.8, 4) is 6.07 Å². The van der Waals surface area contributed by atoms with Gasteiger partial charge in [0.1, 0.15) is 11.3 Å². The van der Waals surface area contributed by atoms with Crippen molar-refractivity contribution < 1.29 is 0 Å². The number of hydrogen-bond acceptors (Lipinski definition) is 4. The highest BCUT2D eigenvalue weighted by atomic mass is 15.4.